The lowest BCUT2D eigenvalue weighted by Gasteiger charge is -2.19. The topological polar surface area (TPSA) is 108 Å². The van der Waals surface area contributed by atoms with Gasteiger partial charge >= 0.3 is 0 Å². The maximum Gasteiger partial charge on any atom is 0.277 e. The second kappa shape index (κ2) is 9.24. The van der Waals surface area contributed by atoms with Crippen LogP contribution in [0.3, 0.4) is 0 Å². The average Bonchev–Trinajstić information content (AvgIpc) is 2.69. The van der Waals surface area contributed by atoms with Gasteiger partial charge in [-0.2, -0.15) is 5.26 Å². The van der Waals surface area contributed by atoms with Gasteiger partial charge in [0.2, 0.25) is 5.91 Å². The summed E-state index contributed by atoms with van der Waals surface area (Å²) in [6.45, 7) is 3.15. The third kappa shape index (κ3) is 4.89. The molecule has 0 bridgehead atoms. The van der Waals surface area contributed by atoms with Crippen LogP contribution in [0.25, 0.3) is 0 Å². The summed E-state index contributed by atoms with van der Waals surface area (Å²) in [7, 11) is 1.59. The Morgan fingerprint density at radius 1 is 1.18 bits per heavy atom. The molecule has 1 unspecified atom stereocenters. The smallest absolute Gasteiger partial charge is 0.277 e. The van der Waals surface area contributed by atoms with Crippen LogP contribution in [0, 0.1) is 11.3 Å². The van der Waals surface area contributed by atoms with Gasteiger partial charge in [0, 0.05) is 24.9 Å². The number of imide groups is 1. The van der Waals surface area contributed by atoms with E-state index in [0.717, 1.165) is 16.2 Å². The van der Waals surface area contributed by atoms with Crippen molar-refractivity contribution in [2.24, 2.45) is 0 Å². The molecular weight excluding hydrogens is 356 g/mol. The van der Waals surface area contributed by atoms with Gasteiger partial charge in [0.15, 0.2) is 0 Å². The van der Waals surface area contributed by atoms with Crippen molar-refractivity contribution in [2.75, 3.05) is 17.7 Å². The number of hydrogen-bond acceptors (Lipinski definition) is 6. The van der Waals surface area contributed by atoms with Gasteiger partial charge in [0.1, 0.15) is 17.4 Å². The molecule has 2 aromatic rings. The second-order valence-corrected chi connectivity index (χ2v) is 6.08. The van der Waals surface area contributed by atoms with E-state index in [9.17, 15) is 14.9 Å². The van der Waals surface area contributed by atoms with E-state index < -0.39 is 11.8 Å². The third-order valence-corrected chi connectivity index (χ3v) is 4.11. The van der Waals surface area contributed by atoms with E-state index in [4.69, 9.17) is 10.5 Å². The van der Waals surface area contributed by atoms with Crippen LogP contribution >= 0.6 is 0 Å². The number of methoxy groups -OCH3 is 1. The van der Waals surface area contributed by atoms with Crippen molar-refractivity contribution in [1.82, 2.24) is 5.32 Å². The van der Waals surface area contributed by atoms with Gasteiger partial charge in [0.25, 0.3) is 5.91 Å². The summed E-state index contributed by atoms with van der Waals surface area (Å²) in [6, 6.07) is 15.4. The van der Waals surface area contributed by atoms with Crippen LogP contribution in [-0.4, -0.2) is 18.9 Å². The number of carbonyl (C=O) groups excluding carboxylic acids is 2. The summed E-state index contributed by atoms with van der Waals surface area (Å²) >= 11 is 0. The van der Waals surface area contributed by atoms with E-state index in [1.54, 1.807) is 31.4 Å². The first-order valence-corrected chi connectivity index (χ1v) is 8.58. The fraction of sp³-hybridized carbons (Fsp3) is 0.190. The summed E-state index contributed by atoms with van der Waals surface area (Å²) in [5, 5.41) is 12.4. The van der Waals surface area contributed by atoms with Gasteiger partial charge in [-0.05, 0) is 48.9 Å². The van der Waals surface area contributed by atoms with E-state index >= 15 is 0 Å². The molecule has 2 aromatic carbocycles. The largest absolute Gasteiger partial charge is 0.497 e. The van der Waals surface area contributed by atoms with Gasteiger partial charge < -0.3 is 15.8 Å². The minimum Gasteiger partial charge on any atom is -0.497 e. The zero-order valence-electron chi connectivity index (χ0n) is 16.0. The predicted molar refractivity (Wildman–Crippen MR) is 107 cm³/mol. The standard InChI is InChI=1S/C21H22N4O3/c1-14(16-4-10-20(28-3)11-5-16)24-13-17(12-22)21(27)25(15(2)26)19-8-6-18(23)7-9-19/h4-11,13-14,24H,23H2,1-3H3/b17-13-. The van der Waals surface area contributed by atoms with Crippen molar-refractivity contribution in [3.63, 3.8) is 0 Å². The van der Waals surface area contributed by atoms with Gasteiger partial charge in [-0.3, -0.25) is 9.59 Å². The number of amides is 2. The fourth-order valence-electron chi connectivity index (χ4n) is 2.52. The van der Waals surface area contributed by atoms with Crippen molar-refractivity contribution in [2.45, 2.75) is 19.9 Å². The van der Waals surface area contributed by atoms with E-state index in [2.05, 4.69) is 5.32 Å². The van der Waals surface area contributed by atoms with Crippen molar-refractivity contribution >= 4 is 23.2 Å². The van der Waals surface area contributed by atoms with Crippen LogP contribution < -0.4 is 20.7 Å². The van der Waals surface area contributed by atoms with Crippen LogP contribution in [0.1, 0.15) is 25.5 Å². The van der Waals surface area contributed by atoms with Gasteiger partial charge in [0.05, 0.1) is 12.8 Å². The van der Waals surface area contributed by atoms with Gasteiger partial charge in [-0.15, -0.1) is 0 Å². The molecule has 0 aromatic heterocycles. The minimum atomic E-state index is -0.714. The number of hydrogen-bond donors (Lipinski definition) is 2. The van der Waals surface area contributed by atoms with Crippen molar-refractivity contribution in [3.8, 4) is 11.8 Å². The Bertz CT molecular complexity index is 912. The van der Waals surface area contributed by atoms with Crippen LogP contribution in [0.2, 0.25) is 0 Å². The minimum absolute atomic E-state index is 0.163. The molecule has 3 N–H and O–H groups in total. The Balaban J connectivity index is 2.21. The first-order valence-electron chi connectivity index (χ1n) is 8.58. The number of nitrogens with zero attached hydrogens (tertiary/aromatic N) is 2. The summed E-state index contributed by atoms with van der Waals surface area (Å²) in [5.41, 5.74) is 7.26. The van der Waals surface area contributed by atoms with E-state index in [1.807, 2.05) is 37.3 Å². The molecule has 0 aliphatic carbocycles. The number of ether oxygens (including phenoxy) is 1. The molecule has 2 amide bonds. The van der Waals surface area contributed by atoms with E-state index in [-0.39, 0.29) is 11.6 Å². The molecule has 144 valence electrons. The number of rotatable bonds is 6. The molecule has 7 heteroatoms. The number of anilines is 2. The van der Waals surface area contributed by atoms with E-state index in [1.165, 1.54) is 13.1 Å². The SMILES string of the molecule is COc1ccc(C(C)N/C=C(/C#N)C(=O)N(C(C)=O)c2ccc(N)cc2)cc1. The molecule has 0 spiro atoms. The molecule has 0 saturated carbocycles. The molecule has 0 aliphatic heterocycles. The highest BCUT2D eigenvalue weighted by Crippen LogP contribution is 2.20. The molecule has 0 aliphatic rings. The lowest BCUT2D eigenvalue weighted by Crippen LogP contribution is -2.36. The summed E-state index contributed by atoms with van der Waals surface area (Å²) < 4.78 is 5.13. The quantitative estimate of drug-likeness (QED) is 0.454. The highest BCUT2D eigenvalue weighted by atomic mass is 16.5. The number of benzene rings is 2. The summed E-state index contributed by atoms with van der Waals surface area (Å²) in [4.78, 5) is 25.7. The molecule has 0 heterocycles. The Morgan fingerprint density at radius 2 is 1.79 bits per heavy atom. The molecule has 1 atom stereocenters. The molecule has 0 saturated heterocycles. The highest BCUT2D eigenvalue weighted by Gasteiger charge is 2.24. The van der Waals surface area contributed by atoms with Crippen LogP contribution in [0.15, 0.2) is 60.3 Å². The van der Waals surface area contributed by atoms with Gasteiger partial charge in [-0.1, -0.05) is 12.1 Å². The maximum atomic E-state index is 12.8. The Labute approximate surface area is 164 Å². The van der Waals surface area contributed by atoms with Crippen molar-refractivity contribution in [1.29, 1.82) is 5.26 Å². The zero-order valence-corrected chi connectivity index (χ0v) is 16.0. The summed E-state index contributed by atoms with van der Waals surface area (Å²) in [5.74, 6) is -0.478. The lowest BCUT2D eigenvalue weighted by molar-refractivity contribution is -0.123. The number of carbonyl (C=O) groups is 2. The molecule has 0 radical (unpaired) electrons. The number of nitriles is 1. The maximum absolute atomic E-state index is 12.8. The van der Waals surface area contributed by atoms with Crippen LogP contribution in [0.5, 0.6) is 5.75 Å². The predicted octanol–water partition coefficient (Wildman–Crippen LogP) is 2.92. The third-order valence-electron chi connectivity index (χ3n) is 4.11. The summed E-state index contributed by atoms with van der Waals surface area (Å²) in [6.07, 6.45) is 1.32. The molecular formula is C21H22N4O3. The monoisotopic (exact) mass is 378 g/mol. The fourth-order valence-corrected chi connectivity index (χ4v) is 2.52. The van der Waals surface area contributed by atoms with E-state index in [0.29, 0.717) is 11.4 Å². The van der Waals surface area contributed by atoms with Gasteiger partial charge in [-0.25, -0.2) is 4.90 Å². The lowest BCUT2D eigenvalue weighted by atomic mass is 10.1. The molecule has 28 heavy (non-hydrogen) atoms. The number of nitrogens with two attached hydrogens (primary N) is 1. The van der Waals surface area contributed by atoms with Crippen molar-refractivity contribution in [3.05, 3.63) is 65.9 Å². The molecule has 7 nitrogen and oxygen atoms in total. The van der Waals surface area contributed by atoms with Crippen molar-refractivity contribution < 1.29 is 14.3 Å². The number of nitrogen functional groups attached to an aromatic ring is 1. The Kier molecular flexibility index (Phi) is 6.77. The number of nitrogens with one attached hydrogen (secondary N) is 1. The molecule has 2 rings (SSSR count). The molecule has 0 fully saturated rings. The Hall–Kier alpha value is -3.79. The second-order valence-electron chi connectivity index (χ2n) is 6.08. The first kappa shape index (κ1) is 20.5. The van der Waals surface area contributed by atoms with Crippen LogP contribution in [-0.2, 0) is 9.59 Å². The highest BCUT2D eigenvalue weighted by molar-refractivity contribution is 6.21. The first-order chi connectivity index (χ1) is 13.4. The average molecular weight is 378 g/mol. The Morgan fingerprint density at radius 3 is 2.29 bits per heavy atom. The van der Waals surface area contributed by atoms with Crippen LogP contribution in [0.4, 0.5) is 11.4 Å². The zero-order chi connectivity index (χ0) is 20.7. The normalized spacial score (nSPS) is 11.9.